The van der Waals surface area contributed by atoms with E-state index in [9.17, 15) is 4.79 Å². The van der Waals surface area contributed by atoms with Gasteiger partial charge in [0.15, 0.2) is 5.78 Å². The number of rotatable bonds is 6. The molecule has 4 heteroatoms. The van der Waals surface area contributed by atoms with Crippen LogP contribution in [0, 0.1) is 5.92 Å². The maximum atomic E-state index is 12.7. The highest BCUT2D eigenvalue weighted by atomic mass is 16.1. The molecular formula is C20H25N3O. The van der Waals surface area contributed by atoms with Gasteiger partial charge in [0.05, 0.1) is 5.69 Å². The summed E-state index contributed by atoms with van der Waals surface area (Å²) < 4.78 is 0. The highest BCUT2D eigenvalue weighted by molar-refractivity contribution is 5.98. The molecule has 2 N–H and O–H groups in total. The third-order valence-electron chi connectivity index (χ3n) is 4.82. The first-order chi connectivity index (χ1) is 11.7. The molecule has 0 bridgehead atoms. The molecule has 126 valence electrons. The molecule has 1 heterocycles. The van der Waals surface area contributed by atoms with Gasteiger partial charge in [-0.05, 0) is 31.2 Å². The lowest BCUT2D eigenvalue weighted by Gasteiger charge is -2.24. The topological polar surface area (TPSA) is 68.9 Å². The molecule has 0 saturated heterocycles. The van der Waals surface area contributed by atoms with Gasteiger partial charge in [-0.25, -0.2) is 9.97 Å². The van der Waals surface area contributed by atoms with E-state index in [0.717, 1.165) is 42.6 Å². The minimum atomic E-state index is -0.00214. The molecule has 0 amide bonds. The van der Waals surface area contributed by atoms with Crippen LogP contribution in [0.15, 0.2) is 30.3 Å². The minimum Gasteiger partial charge on any atom is -0.368 e. The third-order valence-corrected chi connectivity index (χ3v) is 4.82. The Balaban J connectivity index is 1.79. The Morgan fingerprint density at radius 1 is 1.21 bits per heavy atom. The van der Waals surface area contributed by atoms with Crippen LogP contribution in [-0.4, -0.2) is 15.8 Å². The summed E-state index contributed by atoms with van der Waals surface area (Å²) in [6, 6.07) is 9.54. The number of hydrogen-bond acceptors (Lipinski definition) is 4. The standard InChI is InChI=1S/C20H25N3O/c1-2-3-5-10-17-16-12-11-15(13-18(16)23-20(21)22-17)19(24)14-8-6-4-7-9-14/h4,6-9,15H,2-3,5,10-13H2,1H3,(H2,21,22,23). The zero-order valence-corrected chi connectivity index (χ0v) is 14.3. The molecule has 0 radical (unpaired) electrons. The minimum absolute atomic E-state index is 0.00214. The highest BCUT2D eigenvalue weighted by Gasteiger charge is 2.28. The van der Waals surface area contributed by atoms with Gasteiger partial charge in [-0.2, -0.15) is 0 Å². The molecule has 2 aromatic rings. The van der Waals surface area contributed by atoms with E-state index in [1.54, 1.807) is 0 Å². The third kappa shape index (κ3) is 3.64. The van der Waals surface area contributed by atoms with E-state index < -0.39 is 0 Å². The molecule has 4 nitrogen and oxygen atoms in total. The van der Waals surface area contributed by atoms with Crippen molar-refractivity contribution in [2.45, 2.75) is 51.9 Å². The molecule has 1 aromatic heterocycles. The van der Waals surface area contributed by atoms with E-state index in [2.05, 4.69) is 16.9 Å². The number of unbranched alkanes of at least 4 members (excludes halogenated alkanes) is 2. The van der Waals surface area contributed by atoms with Crippen molar-refractivity contribution in [1.82, 2.24) is 9.97 Å². The second kappa shape index (κ2) is 7.56. The van der Waals surface area contributed by atoms with Gasteiger partial charge in [0.2, 0.25) is 5.95 Å². The van der Waals surface area contributed by atoms with Crippen LogP contribution >= 0.6 is 0 Å². The number of carbonyl (C=O) groups excluding carboxylic acids is 1. The summed E-state index contributed by atoms with van der Waals surface area (Å²) in [5.41, 5.74) is 10.0. The lowest BCUT2D eigenvalue weighted by molar-refractivity contribution is 0.0907. The van der Waals surface area contributed by atoms with Crippen molar-refractivity contribution in [3.05, 3.63) is 52.8 Å². The number of benzene rings is 1. The fourth-order valence-electron chi connectivity index (χ4n) is 3.53. The van der Waals surface area contributed by atoms with E-state index in [-0.39, 0.29) is 11.7 Å². The summed E-state index contributed by atoms with van der Waals surface area (Å²) >= 11 is 0. The Bertz CT molecular complexity index is 712. The van der Waals surface area contributed by atoms with Crippen molar-refractivity contribution >= 4 is 11.7 Å². The molecule has 3 rings (SSSR count). The zero-order valence-electron chi connectivity index (χ0n) is 14.3. The SMILES string of the molecule is CCCCCc1nc(N)nc2c1CCC(C(=O)c1ccccc1)C2. The van der Waals surface area contributed by atoms with Crippen LogP contribution in [0.5, 0.6) is 0 Å². The van der Waals surface area contributed by atoms with E-state index in [1.165, 1.54) is 18.4 Å². The Hall–Kier alpha value is -2.23. The number of fused-ring (bicyclic) bond motifs is 1. The zero-order chi connectivity index (χ0) is 16.9. The number of carbonyl (C=O) groups is 1. The van der Waals surface area contributed by atoms with Gasteiger partial charge in [-0.1, -0.05) is 50.1 Å². The summed E-state index contributed by atoms with van der Waals surface area (Å²) in [6.45, 7) is 2.20. The van der Waals surface area contributed by atoms with Crippen molar-refractivity contribution in [1.29, 1.82) is 0 Å². The highest BCUT2D eigenvalue weighted by Crippen LogP contribution is 2.29. The number of hydrogen-bond donors (Lipinski definition) is 1. The summed E-state index contributed by atoms with van der Waals surface area (Å²) in [5.74, 6) is 0.553. The predicted octanol–water partition coefficient (Wildman–Crippen LogP) is 3.78. The van der Waals surface area contributed by atoms with Crippen LogP contribution in [0.25, 0.3) is 0 Å². The number of nitrogens with two attached hydrogens (primary N) is 1. The molecule has 24 heavy (non-hydrogen) atoms. The number of aryl methyl sites for hydroxylation is 1. The average Bonchev–Trinajstić information content (AvgIpc) is 2.61. The van der Waals surface area contributed by atoms with Gasteiger partial charge in [0.1, 0.15) is 0 Å². The van der Waals surface area contributed by atoms with Crippen LogP contribution in [0.4, 0.5) is 5.95 Å². The number of nitrogen functional groups attached to an aromatic ring is 1. The molecule has 1 unspecified atom stereocenters. The first-order valence-corrected chi connectivity index (χ1v) is 8.92. The maximum Gasteiger partial charge on any atom is 0.220 e. The maximum absolute atomic E-state index is 12.7. The predicted molar refractivity (Wildman–Crippen MR) is 96.0 cm³/mol. The molecule has 0 saturated carbocycles. The molecule has 0 spiro atoms. The largest absolute Gasteiger partial charge is 0.368 e. The lowest BCUT2D eigenvalue weighted by atomic mass is 9.81. The lowest BCUT2D eigenvalue weighted by Crippen LogP contribution is -2.25. The van der Waals surface area contributed by atoms with E-state index in [1.807, 2.05) is 30.3 Å². The van der Waals surface area contributed by atoms with Crippen LogP contribution in [-0.2, 0) is 19.3 Å². The normalized spacial score (nSPS) is 16.6. The van der Waals surface area contributed by atoms with Gasteiger partial charge < -0.3 is 5.73 Å². The van der Waals surface area contributed by atoms with Gasteiger partial charge in [-0.15, -0.1) is 0 Å². The van der Waals surface area contributed by atoms with Crippen LogP contribution in [0.2, 0.25) is 0 Å². The van der Waals surface area contributed by atoms with Crippen LogP contribution < -0.4 is 5.73 Å². The number of aromatic nitrogens is 2. The number of anilines is 1. The van der Waals surface area contributed by atoms with Crippen molar-refractivity contribution < 1.29 is 4.79 Å². The van der Waals surface area contributed by atoms with Gasteiger partial charge >= 0.3 is 0 Å². The average molecular weight is 323 g/mol. The van der Waals surface area contributed by atoms with Gasteiger partial charge in [0.25, 0.3) is 0 Å². The number of nitrogens with zero attached hydrogens (tertiary/aromatic N) is 2. The van der Waals surface area contributed by atoms with Crippen molar-refractivity contribution in [2.24, 2.45) is 5.92 Å². The molecular weight excluding hydrogens is 298 g/mol. The molecule has 0 fully saturated rings. The van der Waals surface area contributed by atoms with Crippen LogP contribution in [0.1, 0.15) is 59.9 Å². The number of Topliss-reactive ketones (excluding diaryl/α,β-unsaturated/α-hetero) is 1. The second-order valence-electron chi connectivity index (χ2n) is 6.58. The molecule has 1 aromatic carbocycles. The Kier molecular flexibility index (Phi) is 5.24. The molecule has 1 aliphatic rings. The first kappa shape index (κ1) is 16.6. The van der Waals surface area contributed by atoms with Crippen molar-refractivity contribution in [3.63, 3.8) is 0 Å². The molecule has 0 aliphatic heterocycles. The Labute approximate surface area is 143 Å². The fourth-order valence-corrected chi connectivity index (χ4v) is 3.53. The van der Waals surface area contributed by atoms with Crippen molar-refractivity contribution in [2.75, 3.05) is 5.73 Å². The quantitative estimate of drug-likeness (QED) is 0.649. The molecule has 1 atom stereocenters. The monoisotopic (exact) mass is 323 g/mol. The smallest absolute Gasteiger partial charge is 0.220 e. The van der Waals surface area contributed by atoms with Crippen LogP contribution in [0.3, 0.4) is 0 Å². The van der Waals surface area contributed by atoms with E-state index >= 15 is 0 Å². The summed E-state index contributed by atoms with van der Waals surface area (Å²) in [7, 11) is 0. The second-order valence-corrected chi connectivity index (χ2v) is 6.58. The molecule has 1 aliphatic carbocycles. The van der Waals surface area contributed by atoms with Gasteiger partial charge in [0, 0.05) is 23.6 Å². The van der Waals surface area contributed by atoms with E-state index in [4.69, 9.17) is 5.73 Å². The Morgan fingerprint density at radius 2 is 2.00 bits per heavy atom. The Morgan fingerprint density at radius 3 is 2.75 bits per heavy atom. The van der Waals surface area contributed by atoms with Gasteiger partial charge in [-0.3, -0.25) is 4.79 Å². The summed E-state index contributed by atoms with van der Waals surface area (Å²) in [5, 5.41) is 0. The summed E-state index contributed by atoms with van der Waals surface area (Å²) in [4.78, 5) is 21.6. The van der Waals surface area contributed by atoms with Crippen molar-refractivity contribution in [3.8, 4) is 0 Å². The number of ketones is 1. The first-order valence-electron chi connectivity index (χ1n) is 8.92. The summed E-state index contributed by atoms with van der Waals surface area (Å²) in [6.07, 6.45) is 6.90. The fraction of sp³-hybridized carbons (Fsp3) is 0.450. The van der Waals surface area contributed by atoms with E-state index in [0.29, 0.717) is 12.4 Å².